The van der Waals surface area contributed by atoms with E-state index in [1.54, 1.807) is 25.3 Å². The van der Waals surface area contributed by atoms with E-state index in [9.17, 15) is 9.59 Å². The monoisotopic (exact) mass is 342 g/mol. The molecule has 0 radical (unpaired) electrons. The first-order chi connectivity index (χ1) is 12.0. The Balaban J connectivity index is 1.99. The summed E-state index contributed by atoms with van der Waals surface area (Å²) in [5.41, 5.74) is 2.00. The third-order valence-electron chi connectivity index (χ3n) is 3.61. The molecule has 2 rings (SSSR count). The van der Waals surface area contributed by atoms with Crippen LogP contribution >= 0.6 is 0 Å². The Labute approximate surface area is 147 Å². The molecule has 0 aliphatic heterocycles. The molecule has 0 aliphatic carbocycles. The lowest BCUT2D eigenvalue weighted by Gasteiger charge is -2.11. The standard InChI is InChI=1S/C19H22N2O4/c1-13(22)21-17-12-15(7-8-18(17)25-3)19(23)20-10-9-14-5-4-6-16(11-14)24-2/h4-8,11-12H,9-10H2,1-3H3,(H,20,23)(H,21,22). The first kappa shape index (κ1) is 18.3. The molecule has 0 aliphatic rings. The van der Waals surface area contributed by atoms with Crippen LogP contribution in [0.25, 0.3) is 0 Å². The zero-order chi connectivity index (χ0) is 18.2. The molecule has 0 saturated carbocycles. The maximum absolute atomic E-state index is 12.3. The lowest BCUT2D eigenvalue weighted by atomic mass is 10.1. The fraction of sp³-hybridized carbons (Fsp3) is 0.263. The van der Waals surface area contributed by atoms with E-state index in [4.69, 9.17) is 9.47 Å². The number of hydrogen-bond donors (Lipinski definition) is 2. The topological polar surface area (TPSA) is 76.7 Å². The molecule has 6 nitrogen and oxygen atoms in total. The molecule has 6 heteroatoms. The van der Waals surface area contributed by atoms with Crippen molar-refractivity contribution in [1.29, 1.82) is 0 Å². The summed E-state index contributed by atoms with van der Waals surface area (Å²) in [5.74, 6) is 0.855. The van der Waals surface area contributed by atoms with Gasteiger partial charge in [0.2, 0.25) is 5.91 Å². The van der Waals surface area contributed by atoms with Gasteiger partial charge in [-0.2, -0.15) is 0 Å². The molecule has 2 amide bonds. The van der Waals surface area contributed by atoms with Crippen molar-refractivity contribution in [1.82, 2.24) is 5.32 Å². The van der Waals surface area contributed by atoms with Gasteiger partial charge >= 0.3 is 0 Å². The van der Waals surface area contributed by atoms with Crippen LogP contribution in [0.5, 0.6) is 11.5 Å². The Morgan fingerprint density at radius 3 is 2.52 bits per heavy atom. The fourth-order valence-electron chi connectivity index (χ4n) is 2.39. The van der Waals surface area contributed by atoms with Gasteiger partial charge in [-0.1, -0.05) is 12.1 Å². The second-order valence-corrected chi connectivity index (χ2v) is 5.45. The molecule has 2 N–H and O–H groups in total. The number of carbonyl (C=O) groups is 2. The number of nitrogens with one attached hydrogen (secondary N) is 2. The van der Waals surface area contributed by atoms with E-state index < -0.39 is 0 Å². The van der Waals surface area contributed by atoms with E-state index in [0.29, 0.717) is 30.0 Å². The summed E-state index contributed by atoms with van der Waals surface area (Å²) in [4.78, 5) is 23.6. The van der Waals surface area contributed by atoms with Crippen LogP contribution < -0.4 is 20.1 Å². The minimum atomic E-state index is -0.228. The Kier molecular flexibility index (Phi) is 6.39. The molecule has 0 fully saturated rings. The predicted molar refractivity (Wildman–Crippen MR) is 96.3 cm³/mol. The minimum Gasteiger partial charge on any atom is -0.497 e. The van der Waals surface area contributed by atoms with Crippen LogP contribution in [-0.2, 0) is 11.2 Å². The number of carbonyl (C=O) groups excluding carboxylic acids is 2. The van der Waals surface area contributed by atoms with Gasteiger partial charge in [0.05, 0.1) is 19.9 Å². The molecule has 0 spiro atoms. The van der Waals surface area contributed by atoms with Gasteiger partial charge in [-0.05, 0) is 42.3 Å². The zero-order valence-corrected chi connectivity index (χ0v) is 14.6. The molecule has 0 atom stereocenters. The summed E-state index contributed by atoms with van der Waals surface area (Å²) in [7, 11) is 3.13. The molecule has 0 heterocycles. The van der Waals surface area contributed by atoms with Crippen LogP contribution in [0.2, 0.25) is 0 Å². The summed E-state index contributed by atoms with van der Waals surface area (Å²) in [5, 5.41) is 5.53. The number of benzene rings is 2. The number of hydrogen-bond acceptors (Lipinski definition) is 4. The summed E-state index contributed by atoms with van der Waals surface area (Å²) < 4.78 is 10.4. The van der Waals surface area contributed by atoms with E-state index in [1.165, 1.54) is 14.0 Å². The highest BCUT2D eigenvalue weighted by molar-refractivity contribution is 5.97. The highest BCUT2D eigenvalue weighted by Gasteiger charge is 2.11. The molecule has 0 bridgehead atoms. The molecule has 132 valence electrons. The third kappa shape index (κ3) is 5.24. The van der Waals surface area contributed by atoms with Gasteiger partial charge in [0.15, 0.2) is 0 Å². The second kappa shape index (κ2) is 8.73. The van der Waals surface area contributed by atoms with Gasteiger partial charge in [0.1, 0.15) is 11.5 Å². The molecule has 2 aromatic rings. The molecule has 0 saturated heterocycles. The fourth-order valence-corrected chi connectivity index (χ4v) is 2.39. The zero-order valence-electron chi connectivity index (χ0n) is 14.6. The normalized spacial score (nSPS) is 10.0. The number of anilines is 1. The molecule has 0 aromatic heterocycles. The average molecular weight is 342 g/mol. The Bertz CT molecular complexity index is 759. The van der Waals surface area contributed by atoms with Crippen LogP contribution in [0, 0.1) is 0 Å². The van der Waals surface area contributed by atoms with Crippen molar-refractivity contribution < 1.29 is 19.1 Å². The summed E-state index contributed by atoms with van der Waals surface area (Å²) in [6, 6.07) is 12.6. The van der Waals surface area contributed by atoms with Crippen molar-refractivity contribution in [3.63, 3.8) is 0 Å². The van der Waals surface area contributed by atoms with Crippen LogP contribution in [0.4, 0.5) is 5.69 Å². The highest BCUT2D eigenvalue weighted by Crippen LogP contribution is 2.25. The maximum Gasteiger partial charge on any atom is 0.251 e. The number of methoxy groups -OCH3 is 2. The van der Waals surface area contributed by atoms with Crippen molar-refractivity contribution in [3.8, 4) is 11.5 Å². The largest absolute Gasteiger partial charge is 0.497 e. The van der Waals surface area contributed by atoms with Gasteiger partial charge < -0.3 is 20.1 Å². The number of rotatable bonds is 7. The number of ether oxygens (including phenoxy) is 2. The van der Waals surface area contributed by atoms with Gasteiger partial charge in [-0.3, -0.25) is 9.59 Å². The Hall–Kier alpha value is -3.02. The van der Waals surface area contributed by atoms with E-state index in [2.05, 4.69) is 10.6 Å². The van der Waals surface area contributed by atoms with E-state index in [-0.39, 0.29) is 11.8 Å². The minimum absolute atomic E-state index is 0.211. The van der Waals surface area contributed by atoms with Crippen LogP contribution in [0.1, 0.15) is 22.8 Å². The lowest BCUT2D eigenvalue weighted by Crippen LogP contribution is -2.25. The SMILES string of the molecule is COc1cccc(CCNC(=O)c2ccc(OC)c(NC(C)=O)c2)c1. The van der Waals surface area contributed by atoms with Gasteiger partial charge in [0, 0.05) is 19.0 Å². The average Bonchev–Trinajstić information content (AvgIpc) is 2.61. The second-order valence-electron chi connectivity index (χ2n) is 5.45. The summed E-state index contributed by atoms with van der Waals surface area (Å²) >= 11 is 0. The molecule has 0 unspecified atom stereocenters. The summed E-state index contributed by atoms with van der Waals surface area (Å²) in [6.07, 6.45) is 0.692. The Morgan fingerprint density at radius 2 is 1.84 bits per heavy atom. The van der Waals surface area contributed by atoms with Crippen molar-refractivity contribution in [2.75, 3.05) is 26.1 Å². The molecule has 25 heavy (non-hydrogen) atoms. The Morgan fingerprint density at radius 1 is 1.04 bits per heavy atom. The maximum atomic E-state index is 12.3. The molecular formula is C19H22N2O4. The summed E-state index contributed by atoms with van der Waals surface area (Å²) in [6.45, 7) is 1.90. The van der Waals surface area contributed by atoms with Crippen molar-refractivity contribution in [2.24, 2.45) is 0 Å². The van der Waals surface area contributed by atoms with Crippen molar-refractivity contribution >= 4 is 17.5 Å². The van der Waals surface area contributed by atoms with E-state index in [1.807, 2.05) is 24.3 Å². The highest BCUT2D eigenvalue weighted by atomic mass is 16.5. The predicted octanol–water partition coefficient (Wildman–Crippen LogP) is 2.63. The van der Waals surface area contributed by atoms with Gasteiger partial charge in [-0.25, -0.2) is 0 Å². The van der Waals surface area contributed by atoms with E-state index in [0.717, 1.165) is 11.3 Å². The number of amides is 2. The first-order valence-electron chi connectivity index (χ1n) is 7.90. The lowest BCUT2D eigenvalue weighted by molar-refractivity contribution is -0.114. The third-order valence-corrected chi connectivity index (χ3v) is 3.61. The molecule has 2 aromatic carbocycles. The van der Waals surface area contributed by atoms with Crippen molar-refractivity contribution in [3.05, 3.63) is 53.6 Å². The van der Waals surface area contributed by atoms with E-state index >= 15 is 0 Å². The van der Waals surface area contributed by atoms with Crippen LogP contribution in [0.3, 0.4) is 0 Å². The van der Waals surface area contributed by atoms with Gasteiger partial charge in [-0.15, -0.1) is 0 Å². The van der Waals surface area contributed by atoms with Crippen molar-refractivity contribution in [2.45, 2.75) is 13.3 Å². The van der Waals surface area contributed by atoms with Crippen LogP contribution in [0.15, 0.2) is 42.5 Å². The van der Waals surface area contributed by atoms with Gasteiger partial charge in [0.25, 0.3) is 5.91 Å². The molecular weight excluding hydrogens is 320 g/mol. The quantitative estimate of drug-likeness (QED) is 0.811. The first-order valence-corrected chi connectivity index (χ1v) is 7.90. The van der Waals surface area contributed by atoms with Crippen LogP contribution in [-0.4, -0.2) is 32.6 Å². The smallest absolute Gasteiger partial charge is 0.251 e.